The third kappa shape index (κ3) is 2.85. The molecular weight excluding hydrogens is 310 g/mol. The van der Waals surface area contributed by atoms with Crippen molar-refractivity contribution in [2.24, 2.45) is 0 Å². The number of oxazole rings is 1. The number of carbonyl (C=O) groups excluding carboxylic acids is 1. The summed E-state index contributed by atoms with van der Waals surface area (Å²) in [6.45, 7) is 3.25. The van der Waals surface area contributed by atoms with Crippen LogP contribution in [0.2, 0.25) is 0 Å². The summed E-state index contributed by atoms with van der Waals surface area (Å²) >= 11 is 0. The average molecular weight is 327 g/mol. The number of benzene rings is 1. The Bertz CT molecular complexity index is 856. The maximum absolute atomic E-state index is 12.5. The minimum absolute atomic E-state index is 0.176. The summed E-state index contributed by atoms with van der Waals surface area (Å²) in [6, 6.07) is 8.90. The fourth-order valence-corrected chi connectivity index (χ4v) is 2.80. The zero-order chi connectivity index (χ0) is 16.5. The Balaban J connectivity index is 1.46. The minimum atomic E-state index is -0.237. The topological polar surface area (TPSA) is 80.7 Å². The lowest BCUT2D eigenvalue weighted by Gasteiger charge is -2.32. The van der Waals surface area contributed by atoms with Gasteiger partial charge >= 0.3 is 6.03 Å². The van der Waals surface area contributed by atoms with Gasteiger partial charge in [0.15, 0.2) is 11.5 Å². The molecule has 24 heavy (non-hydrogen) atoms. The van der Waals surface area contributed by atoms with Crippen molar-refractivity contribution in [1.82, 2.24) is 9.88 Å². The summed E-state index contributed by atoms with van der Waals surface area (Å²) in [4.78, 5) is 18.5. The Hall–Kier alpha value is -2.80. The van der Waals surface area contributed by atoms with Gasteiger partial charge in [-0.2, -0.15) is 0 Å². The lowest BCUT2D eigenvalue weighted by Crippen LogP contribution is -2.44. The number of fused-ring (bicyclic) bond motifs is 1. The Morgan fingerprint density at radius 3 is 3.12 bits per heavy atom. The highest BCUT2D eigenvalue weighted by Crippen LogP contribution is 2.24. The third-order valence-corrected chi connectivity index (χ3v) is 3.96. The summed E-state index contributed by atoms with van der Waals surface area (Å²) in [5.41, 5.74) is 2.10. The zero-order valence-electron chi connectivity index (χ0n) is 13.2. The number of amides is 2. The van der Waals surface area contributed by atoms with E-state index in [1.165, 1.54) is 0 Å². The van der Waals surface area contributed by atoms with Crippen LogP contribution in [0.25, 0.3) is 11.1 Å². The van der Waals surface area contributed by atoms with Crippen LogP contribution in [0.5, 0.6) is 0 Å². The van der Waals surface area contributed by atoms with Crippen LogP contribution in [0, 0.1) is 6.92 Å². The van der Waals surface area contributed by atoms with Gasteiger partial charge in [-0.25, -0.2) is 9.78 Å². The molecule has 0 radical (unpaired) electrons. The molecule has 3 heterocycles. The van der Waals surface area contributed by atoms with E-state index in [1.54, 1.807) is 24.2 Å². The smallest absolute Gasteiger partial charge is 0.322 e. The van der Waals surface area contributed by atoms with Crippen molar-refractivity contribution < 1.29 is 18.4 Å². The van der Waals surface area contributed by atoms with Gasteiger partial charge < -0.3 is 23.8 Å². The molecule has 1 aromatic carbocycles. The number of aromatic nitrogens is 1. The first-order valence-electron chi connectivity index (χ1n) is 7.77. The molecule has 2 aromatic heterocycles. The van der Waals surface area contributed by atoms with Crippen molar-refractivity contribution in [2.75, 3.05) is 25.0 Å². The van der Waals surface area contributed by atoms with Gasteiger partial charge in [-0.05, 0) is 24.3 Å². The van der Waals surface area contributed by atoms with Crippen LogP contribution < -0.4 is 5.32 Å². The maximum atomic E-state index is 12.5. The summed E-state index contributed by atoms with van der Waals surface area (Å²) in [5.74, 6) is 1.33. The number of morpholine rings is 1. The van der Waals surface area contributed by atoms with E-state index in [1.807, 2.05) is 24.3 Å². The highest BCUT2D eigenvalue weighted by atomic mass is 16.5. The van der Waals surface area contributed by atoms with E-state index in [-0.39, 0.29) is 12.1 Å². The van der Waals surface area contributed by atoms with Crippen molar-refractivity contribution in [3.63, 3.8) is 0 Å². The van der Waals surface area contributed by atoms with Crippen LogP contribution >= 0.6 is 0 Å². The lowest BCUT2D eigenvalue weighted by molar-refractivity contribution is -0.0242. The molecule has 1 aliphatic heterocycles. The summed E-state index contributed by atoms with van der Waals surface area (Å²) in [6.07, 6.45) is 1.37. The van der Waals surface area contributed by atoms with Crippen LogP contribution in [0.3, 0.4) is 0 Å². The first kappa shape index (κ1) is 14.8. The normalized spacial score (nSPS) is 18.0. The van der Waals surface area contributed by atoms with Gasteiger partial charge in [-0.1, -0.05) is 0 Å². The van der Waals surface area contributed by atoms with Crippen molar-refractivity contribution in [2.45, 2.75) is 13.0 Å². The molecule has 2 amide bonds. The van der Waals surface area contributed by atoms with Crippen molar-refractivity contribution in [1.29, 1.82) is 0 Å². The number of furan rings is 1. The Kier molecular flexibility index (Phi) is 3.70. The second kappa shape index (κ2) is 6.01. The molecule has 1 saturated heterocycles. The van der Waals surface area contributed by atoms with Crippen LogP contribution in [-0.2, 0) is 4.74 Å². The summed E-state index contributed by atoms with van der Waals surface area (Å²) in [7, 11) is 0. The number of anilines is 1. The largest absolute Gasteiger partial charge is 0.467 e. The molecule has 0 saturated carbocycles. The van der Waals surface area contributed by atoms with E-state index < -0.39 is 0 Å². The first-order valence-corrected chi connectivity index (χ1v) is 7.77. The number of urea groups is 1. The SMILES string of the molecule is Cc1nc2ccc(NC(=O)N3CCOC(c4ccco4)C3)cc2o1. The van der Waals surface area contributed by atoms with Crippen LogP contribution in [0.1, 0.15) is 17.8 Å². The number of nitrogens with zero attached hydrogens (tertiary/aromatic N) is 2. The quantitative estimate of drug-likeness (QED) is 0.781. The van der Waals surface area contributed by atoms with Crippen LogP contribution in [0.4, 0.5) is 10.5 Å². The zero-order valence-corrected chi connectivity index (χ0v) is 13.2. The first-order chi connectivity index (χ1) is 11.7. The second-order valence-electron chi connectivity index (χ2n) is 5.67. The van der Waals surface area contributed by atoms with E-state index in [4.69, 9.17) is 13.6 Å². The number of hydrogen-bond acceptors (Lipinski definition) is 5. The van der Waals surface area contributed by atoms with Gasteiger partial charge in [-0.15, -0.1) is 0 Å². The Labute approximate surface area is 138 Å². The highest BCUT2D eigenvalue weighted by Gasteiger charge is 2.27. The van der Waals surface area contributed by atoms with Gasteiger partial charge in [0.1, 0.15) is 17.4 Å². The molecular formula is C17H17N3O4. The second-order valence-corrected chi connectivity index (χ2v) is 5.67. The fourth-order valence-electron chi connectivity index (χ4n) is 2.80. The van der Waals surface area contributed by atoms with Crippen molar-refractivity contribution in [3.8, 4) is 0 Å². The van der Waals surface area contributed by atoms with E-state index >= 15 is 0 Å². The molecule has 7 nitrogen and oxygen atoms in total. The van der Waals surface area contributed by atoms with Gasteiger partial charge in [0, 0.05) is 25.2 Å². The maximum Gasteiger partial charge on any atom is 0.322 e. The number of hydrogen-bond donors (Lipinski definition) is 1. The lowest BCUT2D eigenvalue weighted by atomic mass is 10.2. The van der Waals surface area contributed by atoms with Gasteiger partial charge in [0.05, 0.1) is 19.4 Å². The van der Waals surface area contributed by atoms with E-state index in [0.717, 1.165) is 11.3 Å². The number of aryl methyl sites for hydroxylation is 1. The van der Waals surface area contributed by atoms with E-state index in [0.29, 0.717) is 36.9 Å². The Morgan fingerprint density at radius 1 is 1.38 bits per heavy atom. The third-order valence-electron chi connectivity index (χ3n) is 3.96. The molecule has 1 atom stereocenters. The predicted molar refractivity (Wildman–Crippen MR) is 86.7 cm³/mol. The van der Waals surface area contributed by atoms with Crippen LogP contribution in [0.15, 0.2) is 45.4 Å². The number of rotatable bonds is 2. The molecule has 1 unspecified atom stereocenters. The standard InChI is InChI=1S/C17H17N3O4/c1-11-18-13-5-4-12(9-15(13)24-11)19-17(21)20-6-8-23-16(10-20)14-3-2-7-22-14/h2-5,7,9,16H,6,8,10H2,1H3,(H,19,21). The molecule has 124 valence electrons. The van der Waals surface area contributed by atoms with E-state index in [9.17, 15) is 4.79 Å². The van der Waals surface area contributed by atoms with Crippen molar-refractivity contribution in [3.05, 3.63) is 48.2 Å². The van der Waals surface area contributed by atoms with Gasteiger partial charge in [-0.3, -0.25) is 0 Å². The molecule has 1 fully saturated rings. The highest BCUT2D eigenvalue weighted by molar-refractivity contribution is 5.91. The molecule has 0 aliphatic carbocycles. The monoisotopic (exact) mass is 327 g/mol. The molecule has 3 aromatic rings. The predicted octanol–water partition coefficient (Wildman–Crippen LogP) is 3.33. The number of ether oxygens (including phenoxy) is 1. The van der Waals surface area contributed by atoms with Crippen LogP contribution in [-0.4, -0.2) is 35.6 Å². The number of carbonyl (C=O) groups is 1. The molecule has 7 heteroatoms. The average Bonchev–Trinajstić information content (AvgIpc) is 3.23. The Morgan fingerprint density at radius 2 is 2.29 bits per heavy atom. The minimum Gasteiger partial charge on any atom is -0.467 e. The molecule has 1 N–H and O–H groups in total. The summed E-state index contributed by atoms with van der Waals surface area (Å²) < 4.78 is 16.5. The van der Waals surface area contributed by atoms with E-state index in [2.05, 4.69) is 10.3 Å². The molecule has 0 bridgehead atoms. The van der Waals surface area contributed by atoms with Crippen molar-refractivity contribution >= 4 is 22.8 Å². The van der Waals surface area contributed by atoms with Gasteiger partial charge in [0.2, 0.25) is 0 Å². The molecule has 4 rings (SSSR count). The number of nitrogens with one attached hydrogen (secondary N) is 1. The fraction of sp³-hybridized carbons (Fsp3) is 0.294. The van der Waals surface area contributed by atoms with Gasteiger partial charge in [0.25, 0.3) is 0 Å². The molecule has 1 aliphatic rings. The molecule has 0 spiro atoms. The summed E-state index contributed by atoms with van der Waals surface area (Å²) in [5, 5.41) is 2.89.